The molecule has 4 aromatic rings. The summed E-state index contributed by atoms with van der Waals surface area (Å²) in [5.41, 5.74) is 12.7. The largest absolute Gasteiger partial charge is 0.304 e. The standard InChI is InChI=1S/C32H30N.Ir/c1-30(2,3)20-13-15-22-23-16-14-21(31(4,5)6)19-28(23)32(27(22)18-20)25-11-8-7-10-24(25)29-26(32)12-9-17-33-29;/h7-9,11-19H,1-6H3;/q-1;. The van der Waals surface area contributed by atoms with Crippen LogP contribution in [0.4, 0.5) is 0 Å². The maximum absolute atomic E-state index is 4.88. The molecular weight excluding hydrogens is 591 g/mol. The van der Waals surface area contributed by atoms with Crippen LogP contribution in [-0.4, -0.2) is 4.98 Å². The Balaban J connectivity index is 0.00000241. The third kappa shape index (κ3) is 2.98. The van der Waals surface area contributed by atoms with E-state index in [1.165, 1.54) is 44.5 Å². The van der Waals surface area contributed by atoms with Crippen LogP contribution in [0.5, 0.6) is 0 Å². The molecule has 2 aliphatic carbocycles. The van der Waals surface area contributed by atoms with E-state index in [1.54, 1.807) is 0 Å². The van der Waals surface area contributed by atoms with E-state index in [1.807, 2.05) is 12.3 Å². The molecule has 1 aromatic heterocycles. The van der Waals surface area contributed by atoms with E-state index in [4.69, 9.17) is 4.98 Å². The van der Waals surface area contributed by atoms with Gasteiger partial charge >= 0.3 is 0 Å². The van der Waals surface area contributed by atoms with Crippen LogP contribution in [0.25, 0.3) is 22.4 Å². The molecule has 0 atom stereocenters. The predicted octanol–water partition coefficient (Wildman–Crippen LogP) is 7.82. The van der Waals surface area contributed by atoms with Crippen molar-refractivity contribution < 1.29 is 20.1 Å². The normalized spacial score (nSPS) is 14.8. The van der Waals surface area contributed by atoms with Gasteiger partial charge in [0.15, 0.2) is 0 Å². The third-order valence-electron chi connectivity index (χ3n) is 7.58. The second-order valence-corrected chi connectivity index (χ2v) is 11.6. The smallest absolute Gasteiger partial charge is 0.0314 e. The van der Waals surface area contributed by atoms with E-state index in [-0.39, 0.29) is 36.4 Å². The number of nitrogens with zero attached hydrogens (tertiary/aromatic N) is 1. The minimum atomic E-state index is -0.357. The molecule has 6 rings (SSSR count). The molecule has 0 unspecified atom stereocenters. The molecule has 0 fully saturated rings. The summed E-state index contributed by atoms with van der Waals surface area (Å²) >= 11 is 0. The van der Waals surface area contributed by atoms with Gasteiger partial charge in [-0.15, -0.1) is 35.4 Å². The molecule has 2 aliphatic rings. The number of fused-ring (bicyclic) bond motifs is 10. The maximum Gasteiger partial charge on any atom is 0.0314 e. The van der Waals surface area contributed by atoms with Crippen LogP contribution in [0.3, 0.4) is 0 Å². The molecule has 0 saturated carbocycles. The second kappa shape index (κ2) is 7.48. The van der Waals surface area contributed by atoms with Gasteiger partial charge in [0.25, 0.3) is 0 Å². The second-order valence-electron chi connectivity index (χ2n) is 11.6. The quantitative estimate of drug-likeness (QED) is 0.158. The van der Waals surface area contributed by atoms with Gasteiger partial charge < -0.3 is 4.98 Å². The topological polar surface area (TPSA) is 12.9 Å². The van der Waals surface area contributed by atoms with Crippen molar-refractivity contribution in [3.05, 3.63) is 112 Å². The zero-order valence-electron chi connectivity index (χ0n) is 20.7. The predicted molar refractivity (Wildman–Crippen MR) is 137 cm³/mol. The molecule has 1 nitrogen and oxygen atoms in total. The number of hydrogen-bond acceptors (Lipinski definition) is 1. The Morgan fingerprint density at radius 2 is 1.24 bits per heavy atom. The van der Waals surface area contributed by atoms with Gasteiger partial charge in [0, 0.05) is 31.7 Å². The van der Waals surface area contributed by atoms with E-state index in [0.717, 1.165) is 11.3 Å². The maximum atomic E-state index is 4.88. The first-order chi connectivity index (χ1) is 15.6. The fourth-order valence-corrected chi connectivity index (χ4v) is 5.83. The van der Waals surface area contributed by atoms with Crippen LogP contribution >= 0.6 is 0 Å². The molecule has 0 bridgehead atoms. The summed E-state index contributed by atoms with van der Waals surface area (Å²) in [5.74, 6) is 0. The van der Waals surface area contributed by atoms with Crippen LogP contribution in [0.15, 0.2) is 72.9 Å². The fourth-order valence-electron chi connectivity index (χ4n) is 5.83. The van der Waals surface area contributed by atoms with Crippen LogP contribution < -0.4 is 0 Å². The van der Waals surface area contributed by atoms with Gasteiger partial charge in [-0.05, 0) is 56.0 Å². The van der Waals surface area contributed by atoms with E-state index in [9.17, 15) is 0 Å². The summed E-state index contributed by atoms with van der Waals surface area (Å²) in [6.45, 7) is 13.8. The van der Waals surface area contributed by atoms with Crippen molar-refractivity contribution in [3.63, 3.8) is 0 Å². The van der Waals surface area contributed by atoms with E-state index in [2.05, 4.69) is 108 Å². The first-order valence-electron chi connectivity index (χ1n) is 11.9. The van der Waals surface area contributed by atoms with E-state index in [0.29, 0.717) is 0 Å². The summed E-state index contributed by atoms with van der Waals surface area (Å²) in [7, 11) is 0. The number of rotatable bonds is 0. The van der Waals surface area contributed by atoms with Gasteiger partial charge in [-0.3, -0.25) is 0 Å². The number of aromatic nitrogens is 1. The molecule has 3 aromatic carbocycles. The summed E-state index contributed by atoms with van der Waals surface area (Å²) in [6, 6.07) is 28.6. The van der Waals surface area contributed by atoms with Crippen molar-refractivity contribution in [2.24, 2.45) is 0 Å². The molecule has 0 amide bonds. The van der Waals surface area contributed by atoms with Crippen LogP contribution in [0, 0.1) is 6.07 Å². The average Bonchev–Trinajstić information content (AvgIpc) is 3.24. The molecule has 34 heavy (non-hydrogen) atoms. The fraction of sp³-hybridized carbons (Fsp3) is 0.281. The Bertz CT molecular complexity index is 1320. The molecule has 1 spiro atoms. The van der Waals surface area contributed by atoms with Crippen LogP contribution in [0.2, 0.25) is 0 Å². The summed E-state index contributed by atoms with van der Waals surface area (Å²) in [5, 5.41) is 0. The summed E-state index contributed by atoms with van der Waals surface area (Å²) in [6.07, 6.45) is 1.91. The summed E-state index contributed by atoms with van der Waals surface area (Å²) in [4.78, 5) is 4.88. The van der Waals surface area contributed by atoms with Crippen LogP contribution in [0.1, 0.15) is 74.9 Å². The molecule has 2 heteroatoms. The van der Waals surface area contributed by atoms with Gasteiger partial charge in [-0.1, -0.05) is 89.6 Å². The average molecular weight is 621 g/mol. The monoisotopic (exact) mass is 621 g/mol. The number of benzene rings is 3. The molecule has 1 heterocycles. The third-order valence-corrected chi connectivity index (χ3v) is 7.58. The van der Waals surface area contributed by atoms with E-state index >= 15 is 0 Å². The Hall–Kier alpha value is -2.54. The molecule has 1 radical (unpaired) electrons. The van der Waals surface area contributed by atoms with Crippen LogP contribution in [-0.2, 0) is 36.4 Å². The SMILES string of the molecule is CC(C)(C)c1ccc2c(c1)C1(c3ccc[c-]c3-c3ncccc31)c1cc(C(C)(C)C)ccc1-2.[Ir]. The zero-order valence-corrected chi connectivity index (χ0v) is 23.1. The number of pyridine rings is 1. The minimum absolute atomic E-state index is 0. The van der Waals surface area contributed by atoms with E-state index < -0.39 is 0 Å². The Labute approximate surface area is 217 Å². The first kappa shape index (κ1) is 23.2. The van der Waals surface area contributed by atoms with Crippen molar-refractivity contribution in [2.75, 3.05) is 0 Å². The summed E-state index contributed by atoms with van der Waals surface area (Å²) < 4.78 is 0. The van der Waals surface area contributed by atoms with Crippen molar-refractivity contribution >= 4 is 0 Å². The molecule has 0 saturated heterocycles. The first-order valence-corrected chi connectivity index (χ1v) is 11.9. The van der Waals surface area contributed by atoms with Crippen molar-refractivity contribution in [1.82, 2.24) is 4.98 Å². The van der Waals surface area contributed by atoms with Crippen molar-refractivity contribution in [3.8, 4) is 22.4 Å². The minimum Gasteiger partial charge on any atom is -0.304 e. The van der Waals surface area contributed by atoms with Gasteiger partial charge in [0.1, 0.15) is 0 Å². The molecule has 173 valence electrons. The Morgan fingerprint density at radius 1 is 0.676 bits per heavy atom. The molecule has 0 aliphatic heterocycles. The zero-order chi connectivity index (χ0) is 23.2. The van der Waals surface area contributed by atoms with Gasteiger partial charge in [-0.2, -0.15) is 0 Å². The molecular formula is C32H30IrN-. The van der Waals surface area contributed by atoms with Gasteiger partial charge in [-0.25, -0.2) is 0 Å². The van der Waals surface area contributed by atoms with Gasteiger partial charge in [0.05, 0.1) is 0 Å². The van der Waals surface area contributed by atoms with Gasteiger partial charge in [0.2, 0.25) is 0 Å². The Kier molecular flexibility index (Phi) is 5.10. The van der Waals surface area contributed by atoms with Crippen molar-refractivity contribution in [1.29, 1.82) is 0 Å². The Morgan fingerprint density at radius 3 is 1.79 bits per heavy atom. The molecule has 0 N–H and O–H groups in total. The van der Waals surface area contributed by atoms with Crippen molar-refractivity contribution in [2.45, 2.75) is 57.8 Å². The number of hydrogen-bond donors (Lipinski definition) is 0.